The van der Waals surface area contributed by atoms with Gasteiger partial charge >= 0.3 is 0 Å². The second-order valence-corrected chi connectivity index (χ2v) is 8.57. The number of halogens is 2. The molecule has 0 saturated carbocycles. The van der Waals surface area contributed by atoms with Crippen molar-refractivity contribution in [3.63, 3.8) is 0 Å². The van der Waals surface area contributed by atoms with Crippen molar-refractivity contribution in [3.05, 3.63) is 68.3 Å². The van der Waals surface area contributed by atoms with Crippen LogP contribution in [-0.4, -0.2) is 16.1 Å². The number of amides is 1. The van der Waals surface area contributed by atoms with Crippen LogP contribution in [0.1, 0.15) is 15.9 Å². The van der Waals surface area contributed by atoms with E-state index in [1.165, 1.54) is 11.3 Å². The van der Waals surface area contributed by atoms with Crippen LogP contribution < -0.4 is 5.32 Å². The summed E-state index contributed by atoms with van der Waals surface area (Å²) in [6, 6.07) is 15.1. The fourth-order valence-electron chi connectivity index (χ4n) is 1.87. The van der Waals surface area contributed by atoms with Crippen LogP contribution in [0.4, 0.5) is 5.13 Å². The van der Waals surface area contributed by atoms with E-state index < -0.39 is 0 Å². The van der Waals surface area contributed by atoms with E-state index in [-0.39, 0.29) is 5.91 Å². The summed E-state index contributed by atoms with van der Waals surface area (Å²) in [5, 5.41) is 12.1. The van der Waals surface area contributed by atoms with Crippen molar-refractivity contribution in [2.75, 3.05) is 5.32 Å². The van der Waals surface area contributed by atoms with E-state index in [1.807, 2.05) is 42.5 Å². The summed E-state index contributed by atoms with van der Waals surface area (Å²) in [7, 11) is 0. The average molecular weight is 488 g/mol. The van der Waals surface area contributed by atoms with Gasteiger partial charge in [-0.3, -0.25) is 10.1 Å². The van der Waals surface area contributed by atoms with Crippen LogP contribution in [0.25, 0.3) is 0 Å². The number of carbonyl (C=O) groups excluding carboxylic acids is 1. The number of nitrogens with one attached hydrogen (secondary N) is 1. The number of thioether (sulfide) groups is 1. The molecule has 0 aliphatic carbocycles. The van der Waals surface area contributed by atoms with Crippen molar-refractivity contribution in [1.29, 1.82) is 0 Å². The first-order valence-corrected chi connectivity index (χ1v) is 10.1. The fourth-order valence-corrected chi connectivity index (χ4v) is 4.45. The molecule has 0 radical (unpaired) electrons. The minimum Gasteiger partial charge on any atom is -0.296 e. The van der Waals surface area contributed by atoms with E-state index in [1.54, 1.807) is 17.8 Å². The molecule has 0 atom stereocenters. The number of benzene rings is 2. The molecule has 1 N–H and O–H groups in total. The maximum absolute atomic E-state index is 12.2. The number of anilines is 1. The number of hydrogen-bond donors (Lipinski definition) is 1. The molecule has 0 spiro atoms. The molecule has 1 amide bonds. The highest BCUT2D eigenvalue weighted by Gasteiger charge is 2.11. The lowest BCUT2D eigenvalue weighted by molar-refractivity contribution is 0.102. The van der Waals surface area contributed by atoms with Gasteiger partial charge in [0.15, 0.2) is 4.34 Å². The van der Waals surface area contributed by atoms with Crippen LogP contribution in [0.5, 0.6) is 0 Å². The number of rotatable bonds is 5. The Morgan fingerprint density at radius 2 is 2.04 bits per heavy atom. The minimum atomic E-state index is -0.188. The highest BCUT2D eigenvalue weighted by molar-refractivity contribution is 14.1. The van der Waals surface area contributed by atoms with Gasteiger partial charge < -0.3 is 0 Å². The van der Waals surface area contributed by atoms with Gasteiger partial charge in [-0.1, -0.05) is 59.0 Å². The summed E-state index contributed by atoms with van der Waals surface area (Å²) in [5.41, 5.74) is 1.64. The van der Waals surface area contributed by atoms with E-state index in [0.717, 1.165) is 18.5 Å². The molecular weight excluding hydrogens is 477 g/mol. The van der Waals surface area contributed by atoms with Gasteiger partial charge in [0.2, 0.25) is 5.13 Å². The first-order chi connectivity index (χ1) is 11.6. The maximum atomic E-state index is 12.2. The molecule has 1 heterocycles. The topological polar surface area (TPSA) is 54.9 Å². The van der Waals surface area contributed by atoms with Gasteiger partial charge in [-0.15, -0.1) is 10.2 Å². The number of aromatic nitrogens is 2. The van der Waals surface area contributed by atoms with Gasteiger partial charge in [0.1, 0.15) is 0 Å². The van der Waals surface area contributed by atoms with Crippen molar-refractivity contribution < 1.29 is 4.79 Å². The quantitative estimate of drug-likeness (QED) is 0.300. The molecule has 2 aromatic carbocycles. The molecule has 0 fully saturated rings. The fraction of sp³-hybridized carbons (Fsp3) is 0.0625. The second kappa shape index (κ2) is 8.28. The Kier molecular flexibility index (Phi) is 6.09. The molecule has 3 rings (SSSR count). The molecule has 24 heavy (non-hydrogen) atoms. The zero-order valence-electron chi connectivity index (χ0n) is 12.2. The zero-order chi connectivity index (χ0) is 16.9. The van der Waals surface area contributed by atoms with Gasteiger partial charge in [0.25, 0.3) is 5.91 Å². The molecule has 0 saturated heterocycles. The second-order valence-electron chi connectivity index (χ2n) is 4.72. The van der Waals surface area contributed by atoms with E-state index in [2.05, 4.69) is 38.1 Å². The van der Waals surface area contributed by atoms with Crippen LogP contribution in [-0.2, 0) is 5.75 Å². The van der Waals surface area contributed by atoms with Crippen LogP contribution in [0.15, 0.2) is 52.9 Å². The predicted octanol–water partition coefficient (Wildman–Crippen LogP) is 5.34. The molecule has 8 heteroatoms. The molecule has 1 aromatic heterocycles. The van der Waals surface area contributed by atoms with Crippen LogP contribution in [0, 0.1) is 3.57 Å². The van der Waals surface area contributed by atoms with Crippen molar-refractivity contribution in [3.8, 4) is 0 Å². The third-order valence-electron chi connectivity index (χ3n) is 3.02. The van der Waals surface area contributed by atoms with Crippen molar-refractivity contribution in [2.45, 2.75) is 10.1 Å². The Morgan fingerprint density at radius 1 is 1.21 bits per heavy atom. The lowest BCUT2D eigenvalue weighted by Crippen LogP contribution is -2.11. The number of hydrogen-bond acceptors (Lipinski definition) is 5. The maximum Gasteiger partial charge on any atom is 0.257 e. The Morgan fingerprint density at radius 3 is 2.83 bits per heavy atom. The minimum absolute atomic E-state index is 0.188. The molecular formula is C16H11ClIN3OS2. The average Bonchev–Trinajstić information content (AvgIpc) is 3.01. The highest BCUT2D eigenvalue weighted by Crippen LogP contribution is 2.30. The molecule has 122 valence electrons. The third kappa shape index (κ3) is 4.69. The monoisotopic (exact) mass is 487 g/mol. The molecule has 0 aliphatic rings. The number of nitrogens with zero attached hydrogens (tertiary/aromatic N) is 2. The van der Waals surface area contributed by atoms with Gasteiger partial charge in [-0.2, -0.15) is 0 Å². The molecule has 3 aromatic rings. The zero-order valence-corrected chi connectivity index (χ0v) is 16.7. The standard InChI is InChI=1S/C16H11ClIN3OS2/c17-13-7-2-1-4-11(13)9-23-16-21-20-15(24-16)19-14(22)10-5-3-6-12(18)8-10/h1-8H,9H2,(H,19,20,22). The normalized spacial score (nSPS) is 10.6. The van der Waals surface area contributed by atoms with Gasteiger partial charge in [0, 0.05) is 19.9 Å². The Balaban J connectivity index is 1.61. The molecule has 4 nitrogen and oxygen atoms in total. The molecule has 0 unspecified atom stereocenters. The van der Waals surface area contributed by atoms with E-state index >= 15 is 0 Å². The predicted molar refractivity (Wildman–Crippen MR) is 108 cm³/mol. The molecule has 0 aliphatic heterocycles. The summed E-state index contributed by atoms with van der Waals surface area (Å²) in [4.78, 5) is 12.2. The Hall–Kier alpha value is -1.16. The van der Waals surface area contributed by atoms with Gasteiger partial charge in [-0.25, -0.2) is 0 Å². The van der Waals surface area contributed by atoms with Crippen molar-refractivity contribution >= 4 is 68.3 Å². The first kappa shape index (κ1) is 17.7. The third-order valence-corrected chi connectivity index (χ3v) is 6.08. The van der Waals surface area contributed by atoms with Crippen LogP contribution in [0.3, 0.4) is 0 Å². The first-order valence-electron chi connectivity index (χ1n) is 6.88. The summed E-state index contributed by atoms with van der Waals surface area (Å²) < 4.78 is 1.79. The largest absolute Gasteiger partial charge is 0.296 e. The highest BCUT2D eigenvalue weighted by atomic mass is 127. The molecule has 0 bridgehead atoms. The van der Waals surface area contributed by atoms with E-state index in [0.29, 0.717) is 16.4 Å². The van der Waals surface area contributed by atoms with Crippen molar-refractivity contribution in [1.82, 2.24) is 10.2 Å². The lowest BCUT2D eigenvalue weighted by Gasteiger charge is -2.01. The summed E-state index contributed by atoms with van der Waals surface area (Å²) in [6.07, 6.45) is 0. The van der Waals surface area contributed by atoms with Crippen LogP contribution >= 0.6 is 57.3 Å². The van der Waals surface area contributed by atoms with Gasteiger partial charge in [0.05, 0.1) is 0 Å². The summed E-state index contributed by atoms with van der Waals surface area (Å²) in [6.45, 7) is 0. The van der Waals surface area contributed by atoms with E-state index in [4.69, 9.17) is 11.6 Å². The van der Waals surface area contributed by atoms with E-state index in [9.17, 15) is 4.79 Å². The summed E-state index contributed by atoms with van der Waals surface area (Å²) in [5.74, 6) is 0.520. The lowest BCUT2D eigenvalue weighted by atomic mass is 10.2. The Labute approximate surface area is 166 Å². The Bertz CT molecular complexity index is 872. The van der Waals surface area contributed by atoms with Crippen molar-refractivity contribution in [2.24, 2.45) is 0 Å². The summed E-state index contributed by atoms with van der Waals surface area (Å²) >= 11 is 11.2. The van der Waals surface area contributed by atoms with Gasteiger partial charge in [-0.05, 0) is 52.4 Å². The number of carbonyl (C=O) groups is 1. The smallest absolute Gasteiger partial charge is 0.257 e. The SMILES string of the molecule is O=C(Nc1nnc(SCc2ccccc2Cl)s1)c1cccc(I)c1. The van der Waals surface area contributed by atoms with Crippen LogP contribution in [0.2, 0.25) is 5.02 Å².